The van der Waals surface area contributed by atoms with Crippen LogP contribution >= 0.6 is 11.3 Å². The van der Waals surface area contributed by atoms with Crippen molar-refractivity contribution in [1.29, 1.82) is 0 Å². The molecule has 0 saturated heterocycles. The molecule has 1 atom stereocenters. The number of rotatable bonds is 4. The standard InChI is InChI=1S/C12H16O4S2/c13-11(14)9-3-5-12(15,6-4-9)8-18(16)10-2-1-7-17-10/h1-2,7,9,15H,3-6,8H2,(H,13,14). The number of carboxylic acids is 1. The molecule has 0 spiro atoms. The average molecular weight is 288 g/mol. The summed E-state index contributed by atoms with van der Waals surface area (Å²) in [6, 6.07) is 3.64. The summed E-state index contributed by atoms with van der Waals surface area (Å²) < 4.78 is 12.8. The Kier molecular flexibility index (Phi) is 4.19. The molecule has 1 saturated carbocycles. The summed E-state index contributed by atoms with van der Waals surface area (Å²) >= 11 is 1.42. The van der Waals surface area contributed by atoms with Crippen molar-refractivity contribution in [2.45, 2.75) is 35.5 Å². The molecular weight excluding hydrogens is 272 g/mol. The molecule has 1 aliphatic carbocycles. The third-order valence-electron chi connectivity index (χ3n) is 3.38. The minimum Gasteiger partial charge on any atom is -0.481 e. The first-order valence-corrected chi connectivity index (χ1v) is 8.07. The van der Waals surface area contributed by atoms with Crippen molar-refractivity contribution < 1.29 is 19.2 Å². The molecule has 18 heavy (non-hydrogen) atoms. The van der Waals surface area contributed by atoms with E-state index in [0.29, 0.717) is 25.7 Å². The molecule has 1 heterocycles. The lowest BCUT2D eigenvalue weighted by molar-refractivity contribution is -0.144. The van der Waals surface area contributed by atoms with Gasteiger partial charge in [-0.25, -0.2) is 0 Å². The fourth-order valence-corrected chi connectivity index (χ4v) is 4.63. The maximum atomic E-state index is 12.0. The third kappa shape index (κ3) is 3.18. The summed E-state index contributed by atoms with van der Waals surface area (Å²) in [4.78, 5) is 10.8. The van der Waals surface area contributed by atoms with Crippen LogP contribution in [0.1, 0.15) is 25.7 Å². The summed E-state index contributed by atoms with van der Waals surface area (Å²) in [5.74, 6) is -0.947. The molecular formula is C12H16O4S2. The Morgan fingerprint density at radius 1 is 1.50 bits per heavy atom. The van der Waals surface area contributed by atoms with Crippen LogP contribution in [-0.4, -0.2) is 31.7 Å². The predicted molar refractivity (Wildman–Crippen MR) is 70.1 cm³/mol. The molecule has 0 aromatic carbocycles. The second kappa shape index (κ2) is 5.50. The smallest absolute Gasteiger partial charge is 0.306 e. The second-order valence-corrected chi connectivity index (χ2v) is 7.38. The van der Waals surface area contributed by atoms with Gasteiger partial charge in [-0.3, -0.25) is 9.00 Å². The van der Waals surface area contributed by atoms with Gasteiger partial charge in [-0.15, -0.1) is 11.3 Å². The van der Waals surface area contributed by atoms with Gasteiger partial charge in [0.15, 0.2) is 0 Å². The Morgan fingerprint density at radius 2 is 2.17 bits per heavy atom. The quantitative estimate of drug-likeness (QED) is 0.887. The first kappa shape index (κ1) is 13.7. The summed E-state index contributed by atoms with van der Waals surface area (Å²) in [6.07, 6.45) is 1.77. The lowest BCUT2D eigenvalue weighted by Gasteiger charge is -2.34. The van der Waals surface area contributed by atoms with E-state index in [1.807, 2.05) is 11.4 Å². The van der Waals surface area contributed by atoms with Crippen LogP contribution in [0.3, 0.4) is 0 Å². The number of thiophene rings is 1. The highest BCUT2D eigenvalue weighted by Gasteiger charge is 2.37. The Bertz CT molecular complexity index is 433. The fraction of sp³-hybridized carbons (Fsp3) is 0.583. The number of aliphatic carboxylic acids is 1. The van der Waals surface area contributed by atoms with Crippen LogP contribution in [0.2, 0.25) is 0 Å². The highest BCUT2D eigenvalue weighted by atomic mass is 32.2. The van der Waals surface area contributed by atoms with Crippen molar-refractivity contribution in [3.8, 4) is 0 Å². The molecule has 0 aliphatic heterocycles. The second-order valence-electron chi connectivity index (χ2n) is 4.76. The van der Waals surface area contributed by atoms with E-state index in [1.54, 1.807) is 6.07 Å². The Labute approximate surface area is 112 Å². The number of hydrogen-bond acceptors (Lipinski definition) is 4. The van der Waals surface area contributed by atoms with E-state index in [1.165, 1.54) is 11.3 Å². The molecule has 1 aromatic rings. The molecule has 1 unspecified atom stereocenters. The van der Waals surface area contributed by atoms with E-state index < -0.39 is 22.4 Å². The predicted octanol–water partition coefficient (Wildman–Crippen LogP) is 1.86. The number of carbonyl (C=O) groups is 1. The van der Waals surface area contributed by atoms with Crippen LogP contribution in [0.15, 0.2) is 21.7 Å². The highest BCUT2D eigenvalue weighted by Crippen LogP contribution is 2.34. The van der Waals surface area contributed by atoms with Gasteiger partial charge >= 0.3 is 5.97 Å². The van der Waals surface area contributed by atoms with Crippen LogP contribution in [0, 0.1) is 5.92 Å². The lowest BCUT2D eigenvalue weighted by Crippen LogP contribution is -2.40. The van der Waals surface area contributed by atoms with Crippen LogP contribution in [0.25, 0.3) is 0 Å². The maximum Gasteiger partial charge on any atom is 0.306 e. The zero-order valence-corrected chi connectivity index (χ0v) is 11.5. The molecule has 0 bridgehead atoms. The number of hydrogen-bond donors (Lipinski definition) is 2. The van der Waals surface area contributed by atoms with Crippen molar-refractivity contribution >= 4 is 28.1 Å². The van der Waals surface area contributed by atoms with Crippen LogP contribution < -0.4 is 0 Å². The largest absolute Gasteiger partial charge is 0.481 e. The molecule has 6 heteroatoms. The van der Waals surface area contributed by atoms with E-state index in [9.17, 15) is 14.1 Å². The van der Waals surface area contributed by atoms with Crippen LogP contribution in [0.4, 0.5) is 0 Å². The van der Waals surface area contributed by atoms with E-state index in [4.69, 9.17) is 5.11 Å². The van der Waals surface area contributed by atoms with Crippen LogP contribution in [0.5, 0.6) is 0 Å². The topological polar surface area (TPSA) is 74.6 Å². The average Bonchev–Trinajstić information content (AvgIpc) is 2.82. The Balaban J connectivity index is 1.94. The molecule has 1 aromatic heterocycles. The third-order valence-corrected chi connectivity index (χ3v) is 6.28. The van der Waals surface area contributed by atoms with E-state index in [-0.39, 0.29) is 11.7 Å². The van der Waals surface area contributed by atoms with Gasteiger partial charge in [0.2, 0.25) is 0 Å². The molecule has 1 aliphatic rings. The molecule has 1 fully saturated rings. The fourth-order valence-electron chi connectivity index (χ4n) is 2.25. The zero-order chi connectivity index (χ0) is 13.2. The first-order chi connectivity index (χ1) is 8.50. The van der Waals surface area contributed by atoms with Gasteiger partial charge < -0.3 is 10.2 Å². The van der Waals surface area contributed by atoms with Crippen molar-refractivity contribution in [2.75, 3.05) is 5.75 Å². The van der Waals surface area contributed by atoms with E-state index in [0.717, 1.165) is 4.21 Å². The van der Waals surface area contributed by atoms with Gasteiger partial charge in [0.05, 0.1) is 32.3 Å². The molecule has 4 nitrogen and oxygen atoms in total. The Morgan fingerprint density at radius 3 is 2.67 bits per heavy atom. The number of carboxylic acid groups (broad SMARTS) is 1. The molecule has 0 amide bonds. The lowest BCUT2D eigenvalue weighted by atomic mass is 9.80. The molecule has 2 N–H and O–H groups in total. The van der Waals surface area contributed by atoms with Gasteiger partial charge in [-0.05, 0) is 37.1 Å². The van der Waals surface area contributed by atoms with Gasteiger partial charge in [-0.2, -0.15) is 0 Å². The minimum atomic E-state index is -1.19. The normalized spacial score (nSPS) is 29.9. The molecule has 100 valence electrons. The van der Waals surface area contributed by atoms with Crippen molar-refractivity contribution in [1.82, 2.24) is 0 Å². The summed E-state index contributed by atoms with van der Waals surface area (Å²) in [5.41, 5.74) is -0.971. The van der Waals surface area contributed by atoms with Gasteiger partial charge in [0.1, 0.15) is 0 Å². The van der Waals surface area contributed by atoms with Gasteiger partial charge in [0.25, 0.3) is 0 Å². The van der Waals surface area contributed by atoms with Gasteiger partial charge in [0, 0.05) is 0 Å². The Hall–Kier alpha value is -0.720. The SMILES string of the molecule is O=C(O)C1CCC(O)(CS(=O)c2cccs2)CC1. The van der Waals surface area contributed by atoms with Gasteiger partial charge in [-0.1, -0.05) is 6.07 Å². The number of aliphatic hydroxyl groups is 1. The van der Waals surface area contributed by atoms with E-state index >= 15 is 0 Å². The minimum absolute atomic E-state index is 0.208. The van der Waals surface area contributed by atoms with Crippen LogP contribution in [-0.2, 0) is 15.6 Å². The van der Waals surface area contributed by atoms with E-state index in [2.05, 4.69) is 0 Å². The van der Waals surface area contributed by atoms with Crippen molar-refractivity contribution in [3.63, 3.8) is 0 Å². The zero-order valence-electron chi connectivity index (χ0n) is 9.87. The monoisotopic (exact) mass is 288 g/mol. The summed E-state index contributed by atoms with van der Waals surface area (Å²) in [5, 5.41) is 21.1. The maximum absolute atomic E-state index is 12.0. The summed E-state index contributed by atoms with van der Waals surface area (Å²) in [6.45, 7) is 0. The summed E-state index contributed by atoms with van der Waals surface area (Å²) in [7, 11) is -1.19. The molecule has 2 rings (SSSR count). The first-order valence-electron chi connectivity index (χ1n) is 5.87. The van der Waals surface area contributed by atoms with Crippen molar-refractivity contribution in [2.24, 2.45) is 5.92 Å². The van der Waals surface area contributed by atoms with Crippen molar-refractivity contribution in [3.05, 3.63) is 17.5 Å². The highest BCUT2D eigenvalue weighted by molar-refractivity contribution is 7.87. The molecule has 0 radical (unpaired) electrons.